The first-order valence-electron chi connectivity index (χ1n) is 10.6. The molecule has 0 fully saturated rings. The van der Waals surface area contributed by atoms with Crippen LogP contribution in [0.3, 0.4) is 0 Å². The van der Waals surface area contributed by atoms with Gasteiger partial charge in [0.25, 0.3) is 10.0 Å². The van der Waals surface area contributed by atoms with E-state index in [2.05, 4.69) is 5.32 Å². The average Bonchev–Trinajstić information content (AvgIpc) is 2.88. The lowest BCUT2D eigenvalue weighted by atomic mass is 9.99. The Morgan fingerprint density at radius 2 is 1.09 bits per heavy atom. The fraction of sp³-hybridized carbons (Fsp3) is 0.0741. The summed E-state index contributed by atoms with van der Waals surface area (Å²) in [6.07, 6.45) is 0. The third-order valence-electron chi connectivity index (χ3n) is 5.23. The van der Waals surface area contributed by atoms with Crippen molar-refractivity contribution in [3.8, 4) is 0 Å². The van der Waals surface area contributed by atoms with Crippen LogP contribution in [0.15, 0.2) is 126 Å². The molecule has 0 heterocycles. The molecule has 6 heteroatoms. The molecule has 4 rings (SSSR count). The molecule has 0 bridgehead atoms. The van der Waals surface area contributed by atoms with E-state index in [-0.39, 0.29) is 11.4 Å². The predicted octanol–water partition coefficient (Wildman–Crippen LogP) is 4.79. The second kappa shape index (κ2) is 10.1. The average molecular weight is 457 g/mol. The fourth-order valence-corrected chi connectivity index (χ4v) is 5.06. The highest BCUT2D eigenvalue weighted by atomic mass is 32.2. The summed E-state index contributed by atoms with van der Waals surface area (Å²) in [5, 5.41) is 3.03. The third kappa shape index (κ3) is 5.30. The summed E-state index contributed by atoms with van der Waals surface area (Å²) < 4.78 is 28.0. The first-order valence-corrected chi connectivity index (χ1v) is 12.0. The summed E-state index contributed by atoms with van der Waals surface area (Å²) in [6, 6.07) is 35.6. The van der Waals surface area contributed by atoms with Crippen molar-refractivity contribution in [3.63, 3.8) is 0 Å². The van der Waals surface area contributed by atoms with E-state index >= 15 is 0 Å². The summed E-state index contributed by atoms with van der Waals surface area (Å²) in [5.74, 6) is -0.406. The van der Waals surface area contributed by atoms with Crippen molar-refractivity contribution in [2.24, 2.45) is 0 Å². The smallest absolute Gasteiger partial charge is 0.264 e. The lowest BCUT2D eigenvalue weighted by Gasteiger charge is -2.26. The van der Waals surface area contributed by atoms with Crippen molar-refractivity contribution in [1.29, 1.82) is 0 Å². The van der Waals surface area contributed by atoms with Crippen LogP contribution in [0.2, 0.25) is 0 Å². The van der Waals surface area contributed by atoms with E-state index in [1.165, 1.54) is 12.1 Å². The summed E-state index contributed by atoms with van der Waals surface area (Å²) in [5.41, 5.74) is 2.25. The molecule has 1 amide bonds. The monoisotopic (exact) mass is 456 g/mol. The zero-order valence-electron chi connectivity index (χ0n) is 17.9. The Labute approximate surface area is 194 Å². The molecule has 0 saturated heterocycles. The van der Waals surface area contributed by atoms with Crippen LogP contribution in [-0.4, -0.2) is 20.9 Å². The van der Waals surface area contributed by atoms with Crippen LogP contribution >= 0.6 is 0 Å². The van der Waals surface area contributed by atoms with Crippen LogP contribution in [0.25, 0.3) is 0 Å². The normalized spacial score (nSPS) is 11.2. The molecule has 0 aromatic heterocycles. The van der Waals surface area contributed by atoms with Gasteiger partial charge < -0.3 is 5.32 Å². The van der Waals surface area contributed by atoms with E-state index in [4.69, 9.17) is 0 Å². The molecule has 1 N–H and O–H groups in total. The van der Waals surface area contributed by atoms with Gasteiger partial charge in [0.15, 0.2) is 0 Å². The van der Waals surface area contributed by atoms with Gasteiger partial charge >= 0.3 is 0 Å². The molecule has 0 atom stereocenters. The van der Waals surface area contributed by atoms with Crippen molar-refractivity contribution in [1.82, 2.24) is 5.32 Å². The Kier molecular flexibility index (Phi) is 6.86. The minimum Gasteiger partial charge on any atom is -0.344 e. The first kappa shape index (κ1) is 22.3. The number of nitrogens with zero attached hydrogens (tertiary/aromatic N) is 1. The number of anilines is 1. The molecule has 0 unspecified atom stereocenters. The summed E-state index contributed by atoms with van der Waals surface area (Å²) >= 11 is 0. The number of nitrogens with one attached hydrogen (secondary N) is 1. The molecule has 0 radical (unpaired) electrons. The molecule has 166 valence electrons. The fourth-order valence-electron chi connectivity index (χ4n) is 3.62. The van der Waals surface area contributed by atoms with Gasteiger partial charge in [-0.25, -0.2) is 8.42 Å². The molecule has 0 aliphatic rings. The number of hydrogen-bond acceptors (Lipinski definition) is 3. The van der Waals surface area contributed by atoms with Crippen LogP contribution in [0.1, 0.15) is 17.2 Å². The van der Waals surface area contributed by atoms with Gasteiger partial charge in [0.1, 0.15) is 6.54 Å². The Balaban J connectivity index is 1.65. The zero-order chi connectivity index (χ0) is 23.1. The highest BCUT2D eigenvalue weighted by molar-refractivity contribution is 7.92. The molecule has 0 spiro atoms. The number of rotatable bonds is 8. The number of carbonyl (C=O) groups excluding carboxylic acids is 1. The van der Waals surface area contributed by atoms with Crippen LogP contribution in [0.4, 0.5) is 5.69 Å². The molecule has 4 aromatic carbocycles. The Bertz CT molecular complexity index is 1240. The lowest BCUT2D eigenvalue weighted by Crippen LogP contribution is -2.42. The van der Waals surface area contributed by atoms with Gasteiger partial charge in [-0.15, -0.1) is 0 Å². The van der Waals surface area contributed by atoms with E-state index in [1.807, 2.05) is 60.7 Å². The molecule has 5 nitrogen and oxygen atoms in total. The quantitative estimate of drug-likeness (QED) is 0.415. The van der Waals surface area contributed by atoms with E-state index in [9.17, 15) is 13.2 Å². The molecule has 33 heavy (non-hydrogen) atoms. The van der Waals surface area contributed by atoms with Crippen LogP contribution in [-0.2, 0) is 14.8 Å². The van der Waals surface area contributed by atoms with E-state index < -0.39 is 22.0 Å². The Morgan fingerprint density at radius 3 is 1.58 bits per heavy atom. The third-order valence-corrected chi connectivity index (χ3v) is 7.02. The van der Waals surface area contributed by atoms with Gasteiger partial charge in [-0.05, 0) is 35.4 Å². The summed E-state index contributed by atoms with van der Waals surface area (Å²) in [7, 11) is -3.94. The van der Waals surface area contributed by atoms with Gasteiger partial charge in [-0.1, -0.05) is 97.1 Å². The largest absolute Gasteiger partial charge is 0.344 e. The molecule has 4 aromatic rings. The SMILES string of the molecule is O=C(CN(c1ccccc1)S(=O)(=O)c1ccccc1)NC(c1ccccc1)c1ccccc1. The van der Waals surface area contributed by atoms with Crippen LogP contribution < -0.4 is 9.62 Å². The number of carbonyl (C=O) groups is 1. The Morgan fingerprint density at radius 1 is 0.667 bits per heavy atom. The van der Waals surface area contributed by atoms with Gasteiger partial charge in [0.05, 0.1) is 16.6 Å². The van der Waals surface area contributed by atoms with Crippen molar-refractivity contribution in [2.45, 2.75) is 10.9 Å². The van der Waals surface area contributed by atoms with E-state index in [1.54, 1.807) is 48.5 Å². The van der Waals surface area contributed by atoms with E-state index in [0.717, 1.165) is 15.4 Å². The highest BCUT2D eigenvalue weighted by Crippen LogP contribution is 2.25. The van der Waals surface area contributed by atoms with Crippen LogP contribution in [0, 0.1) is 0 Å². The number of benzene rings is 4. The highest BCUT2D eigenvalue weighted by Gasteiger charge is 2.28. The lowest BCUT2D eigenvalue weighted by molar-refractivity contribution is -0.120. The first-order chi connectivity index (χ1) is 16.1. The van der Waals surface area contributed by atoms with E-state index in [0.29, 0.717) is 5.69 Å². The summed E-state index contributed by atoms with van der Waals surface area (Å²) in [6.45, 7) is -0.350. The molecule has 0 aliphatic carbocycles. The number of sulfonamides is 1. The maximum absolute atomic E-state index is 13.4. The molecule has 0 aliphatic heterocycles. The van der Waals surface area contributed by atoms with Gasteiger partial charge in [-0.3, -0.25) is 9.10 Å². The zero-order valence-corrected chi connectivity index (χ0v) is 18.7. The van der Waals surface area contributed by atoms with Crippen molar-refractivity contribution < 1.29 is 13.2 Å². The second-order valence-electron chi connectivity index (χ2n) is 7.48. The number of hydrogen-bond donors (Lipinski definition) is 1. The van der Waals surface area contributed by atoms with Gasteiger partial charge in [0, 0.05) is 0 Å². The topological polar surface area (TPSA) is 66.5 Å². The summed E-state index contributed by atoms with van der Waals surface area (Å²) in [4.78, 5) is 13.4. The maximum atomic E-state index is 13.4. The minimum atomic E-state index is -3.94. The van der Waals surface area contributed by atoms with Gasteiger partial charge in [0.2, 0.25) is 5.91 Å². The second-order valence-corrected chi connectivity index (χ2v) is 9.34. The Hall–Kier alpha value is -3.90. The van der Waals surface area contributed by atoms with Gasteiger partial charge in [-0.2, -0.15) is 0 Å². The molecular formula is C27H24N2O3S. The number of amides is 1. The minimum absolute atomic E-state index is 0.129. The van der Waals surface area contributed by atoms with Crippen molar-refractivity contribution >= 4 is 21.6 Å². The number of para-hydroxylation sites is 1. The molecular weight excluding hydrogens is 432 g/mol. The van der Waals surface area contributed by atoms with Crippen molar-refractivity contribution in [2.75, 3.05) is 10.8 Å². The standard InChI is InChI=1S/C27H24N2O3S/c30-26(28-27(22-13-5-1-6-14-22)23-15-7-2-8-16-23)21-29(24-17-9-3-10-18-24)33(31,32)25-19-11-4-12-20-25/h1-20,27H,21H2,(H,28,30). The van der Waals surface area contributed by atoms with Crippen molar-refractivity contribution in [3.05, 3.63) is 132 Å². The van der Waals surface area contributed by atoms with Crippen LogP contribution in [0.5, 0.6) is 0 Å². The predicted molar refractivity (Wildman–Crippen MR) is 130 cm³/mol. The molecule has 0 saturated carbocycles. The maximum Gasteiger partial charge on any atom is 0.264 e.